The topological polar surface area (TPSA) is 101 Å². The Balaban J connectivity index is 2.01. The number of amides is 1. The van der Waals surface area contributed by atoms with Gasteiger partial charge in [0.2, 0.25) is 0 Å². The minimum absolute atomic E-state index is 0.130. The third-order valence-corrected chi connectivity index (χ3v) is 4.40. The second kappa shape index (κ2) is 5.98. The molecule has 3 aromatic rings. The van der Waals surface area contributed by atoms with E-state index in [1.165, 1.54) is 18.3 Å². The number of carbonyl (C=O) groups excluding carboxylic acids is 1. The van der Waals surface area contributed by atoms with Gasteiger partial charge in [0.15, 0.2) is 0 Å². The van der Waals surface area contributed by atoms with Crippen LogP contribution in [0.15, 0.2) is 41.0 Å². The zero-order valence-electron chi connectivity index (χ0n) is 11.3. The van der Waals surface area contributed by atoms with Gasteiger partial charge < -0.3 is 5.32 Å². The summed E-state index contributed by atoms with van der Waals surface area (Å²) in [5, 5.41) is 21.1. The molecule has 23 heavy (non-hydrogen) atoms. The van der Waals surface area contributed by atoms with Gasteiger partial charge in [-0.25, -0.2) is 0 Å². The van der Waals surface area contributed by atoms with E-state index >= 15 is 0 Å². The molecule has 0 spiro atoms. The predicted octanol–water partition coefficient (Wildman–Crippen LogP) is 4.14. The van der Waals surface area contributed by atoms with Crippen LogP contribution in [0.3, 0.4) is 0 Å². The summed E-state index contributed by atoms with van der Waals surface area (Å²) < 4.78 is 0.698. The van der Waals surface area contributed by atoms with Crippen LogP contribution in [0.4, 0.5) is 11.4 Å². The van der Waals surface area contributed by atoms with Gasteiger partial charge in [0.05, 0.1) is 27.2 Å². The Bertz CT molecular complexity index is 941. The van der Waals surface area contributed by atoms with Gasteiger partial charge in [-0.05, 0) is 34.1 Å². The molecule has 0 saturated heterocycles. The second-order valence-corrected chi connectivity index (χ2v) is 5.93. The molecule has 3 rings (SSSR count). The van der Waals surface area contributed by atoms with Crippen LogP contribution in [0, 0.1) is 10.1 Å². The first-order valence-electron chi connectivity index (χ1n) is 6.33. The summed E-state index contributed by atoms with van der Waals surface area (Å²) in [5.41, 5.74) is 0.849. The number of hydrogen-bond donors (Lipinski definition) is 2. The minimum atomic E-state index is -0.556. The fourth-order valence-electron chi connectivity index (χ4n) is 2.10. The number of halogens is 2. The van der Waals surface area contributed by atoms with Crippen molar-refractivity contribution >= 4 is 55.7 Å². The van der Waals surface area contributed by atoms with E-state index in [9.17, 15) is 14.9 Å². The Morgan fingerprint density at radius 1 is 1.35 bits per heavy atom. The molecule has 116 valence electrons. The van der Waals surface area contributed by atoms with Crippen molar-refractivity contribution in [2.45, 2.75) is 0 Å². The summed E-state index contributed by atoms with van der Waals surface area (Å²) in [4.78, 5) is 22.9. The molecule has 0 aliphatic carbocycles. The molecule has 0 bridgehead atoms. The number of nitro benzene ring substituents is 1. The largest absolute Gasteiger partial charge is 0.322 e. The number of fused-ring (bicyclic) bond motifs is 1. The molecule has 2 aromatic carbocycles. The van der Waals surface area contributed by atoms with Crippen LogP contribution in [-0.2, 0) is 0 Å². The van der Waals surface area contributed by atoms with E-state index in [0.717, 1.165) is 0 Å². The SMILES string of the molecule is O=C(Nc1ccc(Br)c(Cl)c1)c1cc([N+](=O)[O-])cc2cn[nH]c12. The Morgan fingerprint density at radius 3 is 2.83 bits per heavy atom. The maximum Gasteiger partial charge on any atom is 0.271 e. The first-order chi connectivity index (χ1) is 11.0. The number of carbonyl (C=O) groups is 1. The highest BCUT2D eigenvalue weighted by molar-refractivity contribution is 9.10. The number of nitrogens with zero attached hydrogens (tertiary/aromatic N) is 2. The summed E-state index contributed by atoms with van der Waals surface area (Å²) in [6, 6.07) is 7.49. The van der Waals surface area contributed by atoms with Crippen molar-refractivity contribution in [2.24, 2.45) is 0 Å². The molecule has 1 aromatic heterocycles. The third-order valence-electron chi connectivity index (χ3n) is 3.17. The van der Waals surface area contributed by atoms with E-state index in [1.54, 1.807) is 18.2 Å². The first-order valence-corrected chi connectivity index (χ1v) is 7.51. The molecule has 7 nitrogen and oxygen atoms in total. The van der Waals surface area contributed by atoms with Gasteiger partial charge >= 0.3 is 0 Å². The number of rotatable bonds is 3. The van der Waals surface area contributed by atoms with Crippen LogP contribution in [0.25, 0.3) is 10.9 Å². The van der Waals surface area contributed by atoms with Crippen molar-refractivity contribution in [3.8, 4) is 0 Å². The van der Waals surface area contributed by atoms with Crippen LogP contribution >= 0.6 is 27.5 Å². The normalized spacial score (nSPS) is 10.7. The molecule has 0 aliphatic heterocycles. The molecule has 0 saturated carbocycles. The van der Waals surface area contributed by atoms with E-state index in [1.807, 2.05) is 0 Å². The third kappa shape index (κ3) is 3.03. The van der Waals surface area contributed by atoms with Crippen LogP contribution < -0.4 is 5.32 Å². The number of non-ortho nitro benzene ring substituents is 1. The van der Waals surface area contributed by atoms with Gasteiger partial charge in [-0.15, -0.1) is 0 Å². The number of aromatic nitrogens is 2. The molecule has 0 aliphatic rings. The smallest absolute Gasteiger partial charge is 0.271 e. The highest BCUT2D eigenvalue weighted by Gasteiger charge is 2.18. The molecule has 9 heteroatoms. The average molecular weight is 396 g/mol. The van der Waals surface area contributed by atoms with Crippen molar-refractivity contribution in [3.63, 3.8) is 0 Å². The lowest BCUT2D eigenvalue weighted by Gasteiger charge is -2.07. The van der Waals surface area contributed by atoms with Crippen molar-refractivity contribution in [1.82, 2.24) is 10.2 Å². The molecule has 1 heterocycles. The lowest BCUT2D eigenvalue weighted by Crippen LogP contribution is -2.13. The Morgan fingerprint density at radius 2 is 2.13 bits per heavy atom. The van der Waals surface area contributed by atoms with Crippen LogP contribution in [0.5, 0.6) is 0 Å². The van der Waals surface area contributed by atoms with Gasteiger partial charge in [0, 0.05) is 27.7 Å². The highest BCUT2D eigenvalue weighted by Crippen LogP contribution is 2.27. The quantitative estimate of drug-likeness (QED) is 0.514. The van der Waals surface area contributed by atoms with E-state index in [2.05, 4.69) is 31.4 Å². The molecule has 1 amide bonds. The maximum atomic E-state index is 12.5. The van der Waals surface area contributed by atoms with Crippen molar-refractivity contribution in [3.05, 3.63) is 61.7 Å². The zero-order valence-corrected chi connectivity index (χ0v) is 13.7. The van der Waals surface area contributed by atoms with Gasteiger partial charge in [-0.1, -0.05) is 11.6 Å². The van der Waals surface area contributed by atoms with Crippen molar-refractivity contribution in [2.75, 3.05) is 5.32 Å². The van der Waals surface area contributed by atoms with E-state index in [-0.39, 0.29) is 11.3 Å². The number of H-pyrrole nitrogens is 1. The molecule has 0 unspecified atom stereocenters. The Labute approximate surface area is 142 Å². The van der Waals surface area contributed by atoms with Crippen LogP contribution in [0.2, 0.25) is 5.02 Å². The number of nitrogens with one attached hydrogen (secondary N) is 2. The average Bonchev–Trinajstić information content (AvgIpc) is 2.98. The zero-order chi connectivity index (χ0) is 16.6. The molecule has 0 atom stereocenters. The molecule has 2 N–H and O–H groups in total. The molecular weight excluding hydrogens is 388 g/mol. The fraction of sp³-hybridized carbons (Fsp3) is 0. The van der Waals surface area contributed by atoms with Crippen molar-refractivity contribution < 1.29 is 9.72 Å². The summed E-state index contributed by atoms with van der Waals surface area (Å²) in [6.07, 6.45) is 1.43. The molecular formula is C14H8BrClN4O3. The number of benzene rings is 2. The van der Waals surface area contributed by atoms with E-state index in [0.29, 0.717) is 26.1 Å². The standard InChI is InChI=1S/C14H8BrClN4O3/c15-11-2-1-8(4-12(11)16)18-14(21)10-5-9(20(22)23)3-7-6-17-19-13(7)10/h1-6H,(H,17,19)(H,18,21). The van der Waals surface area contributed by atoms with Gasteiger partial charge in [-0.2, -0.15) is 5.10 Å². The lowest BCUT2D eigenvalue weighted by molar-refractivity contribution is -0.384. The first kappa shape index (κ1) is 15.4. The van der Waals surface area contributed by atoms with Gasteiger partial charge in [0.25, 0.3) is 11.6 Å². The van der Waals surface area contributed by atoms with Crippen molar-refractivity contribution in [1.29, 1.82) is 0 Å². The predicted molar refractivity (Wildman–Crippen MR) is 89.9 cm³/mol. The molecule has 0 radical (unpaired) electrons. The number of nitro groups is 1. The summed E-state index contributed by atoms with van der Waals surface area (Å²) >= 11 is 9.24. The molecule has 0 fully saturated rings. The monoisotopic (exact) mass is 394 g/mol. The second-order valence-electron chi connectivity index (χ2n) is 4.67. The van der Waals surface area contributed by atoms with Gasteiger partial charge in [-0.3, -0.25) is 20.0 Å². The minimum Gasteiger partial charge on any atom is -0.322 e. The van der Waals surface area contributed by atoms with Gasteiger partial charge in [0.1, 0.15) is 0 Å². The van der Waals surface area contributed by atoms with Crippen LogP contribution in [-0.4, -0.2) is 21.0 Å². The van der Waals surface area contributed by atoms with Crippen LogP contribution in [0.1, 0.15) is 10.4 Å². The Kier molecular flexibility index (Phi) is 4.01. The summed E-state index contributed by atoms with van der Waals surface area (Å²) in [7, 11) is 0. The van der Waals surface area contributed by atoms with E-state index < -0.39 is 10.8 Å². The number of aromatic amines is 1. The highest BCUT2D eigenvalue weighted by atomic mass is 79.9. The Hall–Kier alpha value is -2.45. The van der Waals surface area contributed by atoms with E-state index in [4.69, 9.17) is 11.6 Å². The number of anilines is 1. The fourth-order valence-corrected chi connectivity index (χ4v) is 2.53. The summed E-state index contributed by atoms with van der Waals surface area (Å²) in [6.45, 7) is 0. The number of hydrogen-bond acceptors (Lipinski definition) is 4. The maximum absolute atomic E-state index is 12.5. The summed E-state index contributed by atoms with van der Waals surface area (Å²) in [5.74, 6) is -0.499. The lowest BCUT2D eigenvalue weighted by atomic mass is 10.1.